The Morgan fingerprint density at radius 1 is 1.31 bits per heavy atom. The van der Waals surface area contributed by atoms with Gasteiger partial charge in [0, 0.05) is 6.20 Å². The summed E-state index contributed by atoms with van der Waals surface area (Å²) in [4.78, 5) is 7.55. The molecule has 0 aromatic carbocycles. The molecule has 2 rings (SSSR count). The van der Waals surface area contributed by atoms with Crippen molar-refractivity contribution in [3.63, 3.8) is 0 Å². The summed E-state index contributed by atoms with van der Waals surface area (Å²) >= 11 is 0. The smallest absolute Gasteiger partial charge is 0.217 e. The molecule has 0 unspecified atom stereocenters. The van der Waals surface area contributed by atoms with E-state index in [2.05, 4.69) is 15.1 Å². The highest BCUT2D eigenvalue weighted by Gasteiger charge is 2.00. The van der Waals surface area contributed by atoms with Crippen LogP contribution in [0.15, 0.2) is 24.7 Å². The van der Waals surface area contributed by atoms with Crippen molar-refractivity contribution in [2.45, 2.75) is 6.92 Å². The van der Waals surface area contributed by atoms with E-state index in [9.17, 15) is 4.39 Å². The molecule has 0 bridgehead atoms. The van der Waals surface area contributed by atoms with Gasteiger partial charge in [-0.1, -0.05) is 0 Å². The third-order valence-electron chi connectivity index (χ3n) is 1.53. The summed E-state index contributed by atoms with van der Waals surface area (Å²) in [6, 6.07) is 1.83. The average molecular weight is 178 g/mol. The molecule has 2 aromatic rings. The van der Waals surface area contributed by atoms with Gasteiger partial charge >= 0.3 is 0 Å². The van der Waals surface area contributed by atoms with E-state index in [1.165, 1.54) is 4.68 Å². The molecule has 0 aliphatic rings. The molecule has 0 aliphatic carbocycles. The number of hydrogen-bond donors (Lipinski definition) is 0. The van der Waals surface area contributed by atoms with Crippen LogP contribution in [0.1, 0.15) is 5.69 Å². The highest BCUT2D eigenvalue weighted by atomic mass is 19.1. The van der Waals surface area contributed by atoms with Gasteiger partial charge in [0.15, 0.2) is 5.82 Å². The van der Waals surface area contributed by atoms with E-state index in [1.54, 1.807) is 6.20 Å². The fourth-order valence-electron chi connectivity index (χ4n) is 0.950. The van der Waals surface area contributed by atoms with E-state index >= 15 is 0 Å². The lowest BCUT2D eigenvalue weighted by Gasteiger charge is -1.96. The third kappa shape index (κ3) is 1.53. The minimum absolute atomic E-state index is 0.370. The Hall–Kier alpha value is -1.78. The van der Waals surface area contributed by atoms with Crippen LogP contribution < -0.4 is 0 Å². The van der Waals surface area contributed by atoms with Crippen LogP contribution in [0.5, 0.6) is 0 Å². The zero-order valence-electron chi connectivity index (χ0n) is 6.98. The fourth-order valence-corrected chi connectivity index (χ4v) is 0.950. The molecule has 66 valence electrons. The van der Waals surface area contributed by atoms with Crippen molar-refractivity contribution in [2.75, 3.05) is 0 Å². The minimum Gasteiger partial charge on any atom is -0.217 e. The second-order valence-electron chi connectivity index (χ2n) is 2.60. The van der Waals surface area contributed by atoms with Gasteiger partial charge in [0.1, 0.15) is 0 Å². The summed E-state index contributed by atoms with van der Waals surface area (Å²) in [6.07, 6.45) is 3.95. The summed E-state index contributed by atoms with van der Waals surface area (Å²) in [5.74, 6) is -0.0814. The van der Waals surface area contributed by atoms with Gasteiger partial charge in [-0.05, 0) is 13.0 Å². The molecule has 5 heteroatoms. The summed E-state index contributed by atoms with van der Waals surface area (Å²) in [5, 5.41) is 4.08. The van der Waals surface area contributed by atoms with E-state index in [0.717, 1.165) is 18.1 Å². The Labute approximate surface area is 74.1 Å². The molecule has 2 heterocycles. The first-order valence-corrected chi connectivity index (χ1v) is 3.76. The molecular weight excluding hydrogens is 171 g/mol. The SMILES string of the molecule is Cc1ccn(-c2ncc(F)cn2)n1. The van der Waals surface area contributed by atoms with Crippen molar-refractivity contribution in [3.05, 3.63) is 36.2 Å². The molecule has 0 aliphatic heterocycles. The molecule has 0 saturated heterocycles. The van der Waals surface area contributed by atoms with Gasteiger partial charge in [-0.3, -0.25) is 0 Å². The first-order chi connectivity index (χ1) is 6.25. The molecule has 0 radical (unpaired) electrons. The number of hydrogen-bond acceptors (Lipinski definition) is 3. The van der Waals surface area contributed by atoms with Crippen molar-refractivity contribution < 1.29 is 4.39 Å². The van der Waals surface area contributed by atoms with Gasteiger partial charge in [-0.25, -0.2) is 19.0 Å². The van der Waals surface area contributed by atoms with E-state index in [4.69, 9.17) is 0 Å². The molecule has 0 atom stereocenters. The van der Waals surface area contributed by atoms with E-state index < -0.39 is 5.82 Å². The van der Waals surface area contributed by atoms with Gasteiger partial charge in [-0.15, -0.1) is 0 Å². The Bertz CT molecular complexity index is 406. The summed E-state index contributed by atoms with van der Waals surface area (Å²) in [5.41, 5.74) is 0.868. The molecule has 0 spiro atoms. The number of rotatable bonds is 1. The fraction of sp³-hybridized carbons (Fsp3) is 0.125. The molecule has 0 N–H and O–H groups in total. The predicted molar refractivity (Wildman–Crippen MR) is 43.8 cm³/mol. The van der Waals surface area contributed by atoms with Crippen LogP contribution in [-0.2, 0) is 0 Å². The first-order valence-electron chi connectivity index (χ1n) is 3.76. The predicted octanol–water partition coefficient (Wildman–Crippen LogP) is 1.11. The van der Waals surface area contributed by atoms with Crippen LogP contribution in [0.2, 0.25) is 0 Å². The van der Waals surface area contributed by atoms with Gasteiger partial charge in [0.05, 0.1) is 18.1 Å². The van der Waals surface area contributed by atoms with Crippen LogP contribution >= 0.6 is 0 Å². The molecule has 0 saturated carbocycles. The standard InChI is InChI=1S/C8H7FN4/c1-6-2-3-13(12-6)8-10-4-7(9)5-11-8/h2-5H,1H3. The molecule has 0 amide bonds. The van der Waals surface area contributed by atoms with E-state index in [0.29, 0.717) is 5.95 Å². The highest BCUT2D eigenvalue weighted by Crippen LogP contribution is 2.00. The van der Waals surface area contributed by atoms with Gasteiger partial charge in [0.25, 0.3) is 5.95 Å². The molecule has 2 aromatic heterocycles. The van der Waals surface area contributed by atoms with Gasteiger partial charge < -0.3 is 0 Å². The van der Waals surface area contributed by atoms with Crippen LogP contribution in [0.4, 0.5) is 4.39 Å². The second kappa shape index (κ2) is 2.93. The lowest BCUT2D eigenvalue weighted by Crippen LogP contribution is -2.01. The minimum atomic E-state index is -0.451. The topological polar surface area (TPSA) is 43.6 Å². The third-order valence-corrected chi connectivity index (χ3v) is 1.53. The first kappa shape index (κ1) is 7.85. The monoisotopic (exact) mass is 178 g/mol. The molecule has 13 heavy (non-hydrogen) atoms. The lowest BCUT2D eigenvalue weighted by molar-refractivity contribution is 0.608. The van der Waals surface area contributed by atoms with Crippen LogP contribution in [-0.4, -0.2) is 19.7 Å². The van der Waals surface area contributed by atoms with Crippen molar-refractivity contribution in [3.8, 4) is 5.95 Å². The largest absolute Gasteiger partial charge is 0.250 e. The zero-order valence-corrected chi connectivity index (χ0v) is 6.98. The lowest BCUT2D eigenvalue weighted by atomic mass is 10.5. The molecule has 0 fully saturated rings. The molecular formula is C8H7FN4. The summed E-state index contributed by atoms with van der Waals surface area (Å²) in [6.45, 7) is 1.86. The van der Waals surface area contributed by atoms with Crippen LogP contribution in [0.3, 0.4) is 0 Å². The number of aryl methyl sites for hydroxylation is 1. The van der Waals surface area contributed by atoms with Crippen molar-refractivity contribution >= 4 is 0 Å². The normalized spacial score (nSPS) is 10.3. The Morgan fingerprint density at radius 2 is 2.00 bits per heavy atom. The van der Waals surface area contributed by atoms with Crippen molar-refractivity contribution in [1.29, 1.82) is 0 Å². The van der Waals surface area contributed by atoms with E-state index in [-0.39, 0.29) is 0 Å². The maximum absolute atomic E-state index is 12.5. The maximum atomic E-state index is 12.5. The number of aromatic nitrogens is 4. The van der Waals surface area contributed by atoms with Gasteiger partial charge in [-0.2, -0.15) is 5.10 Å². The van der Waals surface area contributed by atoms with Crippen molar-refractivity contribution in [1.82, 2.24) is 19.7 Å². The Kier molecular flexibility index (Phi) is 1.77. The zero-order chi connectivity index (χ0) is 9.26. The molecule has 4 nitrogen and oxygen atoms in total. The number of halogens is 1. The van der Waals surface area contributed by atoms with E-state index in [1.807, 2.05) is 13.0 Å². The summed E-state index contributed by atoms with van der Waals surface area (Å²) in [7, 11) is 0. The quantitative estimate of drug-likeness (QED) is 0.657. The Balaban J connectivity index is 2.41. The van der Waals surface area contributed by atoms with Crippen LogP contribution in [0, 0.1) is 12.7 Å². The Morgan fingerprint density at radius 3 is 2.54 bits per heavy atom. The average Bonchev–Trinajstić information content (AvgIpc) is 2.53. The second-order valence-corrected chi connectivity index (χ2v) is 2.60. The van der Waals surface area contributed by atoms with Gasteiger partial charge in [0.2, 0.25) is 0 Å². The summed E-state index contributed by atoms with van der Waals surface area (Å²) < 4.78 is 13.9. The maximum Gasteiger partial charge on any atom is 0.250 e. The number of nitrogens with zero attached hydrogens (tertiary/aromatic N) is 4. The highest BCUT2D eigenvalue weighted by molar-refractivity contribution is 5.10. The van der Waals surface area contributed by atoms with Crippen LogP contribution in [0.25, 0.3) is 5.95 Å². The van der Waals surface area contributed by atoms with Crippen molar-refractivity contribution in [2.24, 2.45) is 0 Å².